The number of Topliss-reactive ketones (excluding diaryl/α,β-unsaturated/α-hetero) is 3. The van der Waals surface area contributed by atoms with Crippen LogP contribution in [-0.4, -0.2) is 34.3 Å². The van der Waals surface area contributed by atoms with Crippen LogP contribution in [0, 0.1) is 11.7 Å². The molecule has 38 heavy (non-hydrogen) atoms. The van der Waals surface area contributed by atoms with Crippen LogP contribution in [0.15, 0.2) is 103 Å². The Kier molecular flexibility index (Phi) is 5.07. The van der Waals surface area contributed by atoms with Crippen LogP contribution in [0.25, 0.3) is 0 Å². The van der Waals surface area contributed by atoms with E-state index < -0.39 is 23.4 Å². The third-order valence-corrected chi connectivity index (χ3v) is 8.64. The van der Waals surface area contributed by atoms with E-state index in [1.54, 1.807) is 60.7 Å². The summed E-state index contributed by atoms with van der Waals surface area (Å²) in [5.74, 6) is -2.79. The maximum Gasteiger partial charge on any atom is 0.192 e. The van der Waals surface area contributed by atoms with Gasteiger partial charge in [0, 0.05) is 35.2 Å². The molecule has 0 bridgehead atoms. The van der Waals surface area contributed by atoms with Crippen molar-refractivity contribution in [2.75, 3.05) is 6.54 Å². The lowest BCUT2D eigenvalue weighted by molar-refractivity contribution is 0.0409. The van der Waals surface area contributed by atoms with Crippen molar-refractivity contribution in [3.8, 4) is 0 Å². The molecule has 0 saturated carbocycles. The Morgan fingerprint density at radius 2 is 1.37 bits per heavy atom. The second-order valence-corrected chi connectivity index (χ2v) is 10.3. The Morgan fingerprint density at radius 1 is 0.763 bits per heavy atom. The molecule has 1 aliphatic carbocycles. The van der Waals surface area contributed by atoms with Gasteiger partial charge < -0.3 is 0 Å². The van der Waals surface area contributed by atoms with Crippen LogP contribution in [0.3, 0.4) is 0 Å². The van der Waals surface area contributed by atoms with E-state index in [0.29, 0.717) is 29.7 Å². The molecule has 3 aliphatic rings. The molecule has 2 heterocycles. The molecule has 1 fully saturated rings. The van der Waals surface area contributed by atoms with E-state index in [-0.39, 0.29) is 23.2 Å². The quantitative estimate of drug-likeness (QED) is 0.262. The number of hydrogen-bond acceptors (Lipinski definition) is 4. The molecule has 4 aromatic carbocycles. The topological polar surface area (TPSA) is 54.5 Å². The highest BCUT2D eigenvalue weighted by Gasteiger charge is 2.72. The summed E-state index contributed by atoms with van der Waals surface area (Å²) in [6.07, 6.45) is 0.660. The van der Waals surface area contributed by atoms with Gasteiger partial charge in [0.05, 0.1) is 5.92 Å². The standard InChI is InChI=1S/C33H24FNO3/c34-23-16-14-21(15-17-23)27-28(30(36)22-9-2-1-3-10-22)33(31(37)25-12-6-7-13-26(25)32(33)38)35-19-18-20-8-4-5-11-24(20)29(27)35/h1-17,27-29H,18-19H2/t27-,28+,29+/m0/s1. The zero-order valence-electron chi connectivity index (χ0n) is 20.5. The van der Waals surface area contributed by atoms with Crippen LogP contribution in [0.4, 0.5) is 4.39 Å². The minimum absolute atomic E-state index is 0.249. The van der Waals surface area contributed by atoms with E-state index in [1.807, 2.05) is 29.2 Å². The Balaban J connectivity index is 1.55. The minimum Gasteiger partial charge on any atom is -0.294 e. The van der Waals surface area contributed by atoms with Crippen molar-refractivity contribution in [3.05, 3.63) is 142 Å². The monoisotopic (exact) mass is 501 g/mol. The van der Waals surface area contributed by atoms with Gasteiger partial charge in [-0.05, 0) is 35.2 Å². The van der Waals surface area contributed by atoms with Gasteiger partial charge in [0.25, 0.3) is 0 Å². The van der Waals surface area contributed by atoms with Crippen LogP contribution in [-0.2, 0) is 6.42 Å². The van der Waals surface area contributed by atoms with Gasteiger partial charge in [-0.15, -0.1) is 0 Å². The first-order chi connectivity index (χ1) is 18.5. The maximum atomic E-state index is 14.6. The largest absolute Gasteiger partial charge is 0.294 e. The first-order valence-corrected chi connectivity index (χ1v) is 12.9. The smallest absolute Gasteiger partial charge is 0.192 e. The molecule has 0 unspecified atom stereocenters. The van der Waals surface area contributed by atoms with Gasteiger partial charge in [0.1, 0.15) is 5.82 Å². The fraction of sp³-hybridized carbons (Fsp3) is 0.182. The van der Waals surface area contributed by atoms with E-state index in [9.17, 15) is 18.8 Å². The van der Waals surface area contributed by atoms with Crippen LogP contribution < -0.4 is 0 Å². The lowest BCUT2D eigenvalue weighted by Crippen LogP contribution is -2.60. The Labute approximate surface area is 219 Å². The molecule has 4 aromatic rings. The number of carbonyl (C=O) groups is 3. The average Bonchev–Trinajstić information content (AvgIpc) is 3.40. The summed E-state index contributed by atoms with van der Waals surface area (Å²) in [5.41, 5.74) is 2.39. The lowest BCUT2D eigenvalue weighted by Gasteiger charge is -2.41. The fourth-order valence-corrected chi connectivity index (χ4v) is 7.13. The van der Waals surface area contributed by atoms with Gasteiger partial charge in [-0.25, -0.2) is 4.39 Å². The van der Waals surface area contributed by atoms with Crippen molar-refractivity contribution in [3.63, 3.8) is 0 Å². The van der Waals surface area contributed by atoms with Crippen LogP contribution in [0.5, 0.6) is 0 Å². The molecule has 5 heteroatoms. The number of ketones is 3. The van der Waals surface area contributed by atoms with Crippen LogP contribution in [0.2, 0.25) is 0 Å². The number of rotatable bonds is 3. The third-order valence-electron chi connectivity index (χ3n) is 8.64. The number of fused-ring (bicyclic) bond motifs is 5. The van der Waals surface area contributed by atoms with Crippen molar-refractivity contribution in [1.82, 2.24) is 4.90 Å². The number of halogens is 1. The number of hydrogen-bond donors (Lipinski definition) is 0. The van der Waals surface area contributed by atoms with E-state index in [0.717, 1.165) is 16.7 Å². The lowest BCUT2D eigenvalue weighted by atomic mass is 9.69. The molecule has 4 nitrogen and oxygen atoms in total. The second-order valence-electron chi connectivity index (χ2n) is 10.3. The van der Waals surface area contributed by atoms with E-state index in [1.165, 1.54) is 12.1 Å². The molecule has 7 rings (SSSR count). The number of carbonyl (C=O) groups excluding carboxylic acids is 3. The van der Waals surface area contributed by atoms with E-state index in [2.05, 4.69) is 6.07 Å². The van der Waals surface area contributed by atoms with Crippen LogP contribution in [0.1, 0.15) is 59.7 Å². The zero-order chi connectivity index (χ0) is 26.0. The first kappa shape index (κ1) is 22.9. The summed E-state index contributed by atoms with van der Waals surface area (Å²) in [7, 11) is 0. The summed E-state index contributed by atoms with van der Waals surface area (Å²) in [5, 5.41) is 0. The second kappa shape index (κ2) is 8.40. The summed E-state index contributed by atoms with van der Waals surface area (Å²) >= 11 is 0. The highest BCUT2D eigenvalue weighted by atomic mass is 19.1. The van der Waals surface area contributed by atoms with Crippen molar-refractivity contribution < 1.29 is 18.8 Å². The summed E-state index contributed by atoms with van der Waals surface area (Å²) < 4.78 is 14.1. The van der Waals surface area contributed by atoms with Gasteiger partial charge in [-0.1, -0.05) is 91.0 Å². The highest BCUT2D eigenvalue weighted by molar-refractivity contribution is 6.35. The van der Waals surface area contributed by atoms with Crippen molar-refractivity contribution >= 4 is 17.3 Å². The first-order valence-electron chi connectivity index (χ1n) is 12.9. The summed E-state index contributed by atoms with van der Waals surface area (Å²) in [6, 6.07) is 29.6. The van der Waals surface area contributed by atoms with E-state index >= 15 is 0 Å². The molecule has 186 valence electrons. The zero-order valence-corrected chi connectivity index (χ0v) is 20.5. The van der Waals surface area contributed by atoms with Gasteiger partial charge in [0.15, 0.2) is 22.9 Å². The predicted molar refractivity (Wildman–Crippen MR) is 141 cm³/mol. The molecule has 0 aromatic heterocycles. The molecule has 2 aliphatic heterocycles. The molecule has 3 atom stereocenters. The maximum absolute atomic E-state index is 14.6. The van der Waals surface area contributed by atoms with Gasteiger partial charge in [-0.3, -0.25) is 19.3 Å². The SMILES string of the molecule is O=C(c1ccccc1)[C@H]1[C@H](c2ccc(F)cc2)[C@H]2c3ccccc3CCN2C12C(=O)c1ccccc1C2=O. The van der Waals surface area contributed by atoms with Crippen LogP contribution >= 0.6 is 0 Å². The highest BCUT2D eigenvalue weighted by Crippen LogP contribution is 2.61. The molecule has 1 saturated heterocycles. The summed E-state index contributed by atoms with van der Waals surface area (Å²) in [6.45, 7) is 0.462. The molecular formula is C33H24FNO3. The van der Waals surface area contributed by atoms with Gasteiger partial charge >= 0.3 is 0 Å². The molecular weight excluding hydrogens is 477 g/mol. The van der Waals surface area contributed by atoms with Gasteiger partial charge in [0.2, 0.25) is 0 Å². The third kappa shape index (κ3) is 2.96. The van der Waals surface area contributed by atoms with Crippen molar-refractivity contribution in [2.24, 2.45) is 5.92 Å². The van der Waals surface area contributed by atoms with Crippen molar-refractivity contribution in [1.29, 1.82) is 0 Å². The minimum atomic E-state index is -1.67. The number of benzene rings is 4. The predicted octanol–water partition coefficient (Wildman–Crippen LogP) is 5.84. The molecule has 0 radical (unpaired) electrons. The molecule has 0 amide bonds. The Morgan fingerprint density at radius 3 is 2.05 bits per heavy atom. The Hall–Kier alpha value is -4.22. The summed E-state index contributed by atoms with van der Waals surface area (Å²) in [4.78, 5) is 45.6. The fourth-order valence-electron chi connectivity index (χ4n) is 7.13. The molecule has 0 N–H and O–H groups in total. The number of nitrogens with zero attached hydrogens (tertiary/aromatic N) is 1. The Bertz CT molecular complexity index is 1580. The van der Waals surface area contributed by atoms with Gasteiger partial charge in [-0.2, -0.15) is 0 Å². The normalized spacial score (nSPS) is 23.2. The van der Waals surface area contributed by atoms with E-state index in [4.69, 9.17) is 0 Å². The molecule has 1 spiro atoms. The van der Waals surface area contributed by atoms with Crippen molar-refractivity contribution in [2.45, 2.75) is 23.9 Å². The average molecular weight is 502 g/mol.